The summed E-state index contributed by atoms with van der Waals surface area (Å²) in [5.41, 5.74) is 4.37. The van der Waals surface area contributed by atoms with Gasteiger partial charge in [-0.1, -0.05) is 54.1 Å². The summed E-state index contributed by atoms with van der Waals surface area (Å²) >= 11 is 7.77. The normalized spacial score (nSPS) is 16.7. The van der Waals surface area contributed by atoms with Crippen LogP contribution < -0.4 is 15.5 Å². The number of nitrogens with one attached hydrogen (secondary N) is 2. The Hall–Kier alpha value is -3.76. The van der Waals surface area contributed by atoms with Gasteiger partial charge in [-0.3, -0.25) is 9.59 Å². The van der Waals surface area contributed by atoms with Gasteiger partial charge in [-0.2, -0.15) is 0 Å². The number of likely N-dealkylation sites (tertiary alicyclic amines) is 1. The van der Waals surface area contributed by atoms with Gasteiger partial charge in [0.1, 0.15) is 5.01 Å². The number of aromatic nitrogens is 1. The number of carbonyl (C=O) groups is 2. The molecule has 0 radical (unpaired) electrons. The van der Waals surface area contributed by atoms with Gasteiger partial charge in [-0.15, -0.1) is 11.3 Å². The highest BCUT2D eigenvalue weighted by Gasteiger charge is 2.33. The highest BCUT2D eigenvalue weighted by molar-refractivity contribution is 7.09. The number of aliphatic hydroxyl groups excluding tert-OH is 1. The quantitative estimate of drug-likeness (QED) is 0.181. The summed E-state index contributed by atoms with van der Waals surface area (Å²) in [6.45, 7) is 4.86. The van der Waals surface area contributed by atoms with Crippen molar-refractivity contribution in [3.63, 3.8) is 0 Å². The predicted octanol–water partition coefficient (Wildman–Crippen LogP) is 6.16. The molecule has 4 aromatic rings. The van der Waals surface area contributed by atoms with Gasteiger partial charge in [-0.05, 0) is 68.1 Å². The van der Waals surface area contributed by atoms with E-state index in [1.165, 1.54) is 0 Å². The monoisotopic (exact) mass is 645 g/mol. The number of nitrogens with zero attached hydrogens (tertiary/aromatic N) is 3. The second-order valence-electron chi connectivity index (χ2n) is 11.8. The van der Waals surface area contributed by atoms with E-state index < -0.39 is 18.2 Å². The second-order valence-corrected chi connectivity index (χ2v) is 13.1. The van der Waals surface area contributed by atoms with Gasteiger partial charge in [0.2, 0.25) is 0 Å². The summed E-state index contributed by atoms with van der Waals surface area (Å²) in [5.74, 6) is -0.486. The average molecular weight is 646 g/mol. The molecule has 10 heteroatoms. The maximum absolute atomic E-state index is 13.9. The molecular weight excluding hydrogens is 606 g/mol. The van der Waals surface area contributed by atoms with E-state index in [0.29, 0.717) is 29.2 Å². The first kappa shape index (κ1) is 32.6. The zero-order valence-corrected chi connectivity index (χ0v) is 27.6. The summed E-state index contributed by atoms with van der Waals surface area (Å²) in [4.78, 5) is 36.0. The van der Waals surface area contributed by atoms with E-state index in [9.17, 15) is 14.7 Å². The molecule has 8 nitrogen and oxygen atoms in total. The largest absolute Gasteiger partial charge is 0.389 e. The Morgan fingerprint density at radius 1 is 1.09 bits per heavy atom. The lowest BCUT2D eigenvalue weighted by Crippen LogP contribution is -2.47. The molecule has 1 saturated heterocycles. The molecule has 1 aromatic heterocycles. The molecule has 1 fully saturated rings. The van der Waals surface area contributed by atoms with E-state index in [0.717, 1.165) is 40.4 Å². The van der Waals surface area contributed by atoms with Crippen molar-refractivity contribution in [3.05, 3.63) is 116 Å². The molecular formula is C35H40ClN5O3S. The lowest BCUT2D eigenvalue weighted by molar-refractivity contribution is 0.0733. The minimum Gasteiger partial charge on any atom is -0.389 e. The summed E-state index contributed by atoms with van der Waals surface area (Å²) in [6.07, 6.45) is 0.808. The maximum Gasteiger partial charge on any atom is 0.254 e. The van der Waals surface area contributed by atoms with Crippen LogP contribution in [0.5, 0.6) is 0 Å². The Bertz CT molecular complexity index is 1630. The van der Waals surface area contributed by atoms with Crippen LogP contribution in [0.4, 0.5) is 5.69 Å². The SMILES string of the molecule is Cc1csc(C2CCCN2C(=O)c2cc(C(=O)NC(C)C(O)C(NCc3cccc(Cl)c3)c3ccccc3)cc(N(C)C)c2)n1. The Morgan fingerprint density at radius 3 is 2.53 bits per heavy atom. The van der Waals surface area contributed by atoms with Crippen LogP contribution in [0.2, 0.25) is 5.02 Å². The van der Waals surface area contributed by atoms with Gasteiger partial charge in [0, 0.05) is 60.1 Å². The topological polar surface area (TPSA) is 97.8 Å². The van der Waals surface area contributed by atoms with Gasteiger partial charge in [0.05, 0.1) is 24.2 Å². The number of rotatable bonds is 11. The predicted molar refractivity (Wildman–Crippen MR) is 181 cm³/mol. The fourth-order valence-electron chi connectivity index (χ4n) is 5.72. The van der Waals surface area contributed by atoms with Crippen molar-refractivity contribution < 1.29 is 14.7 Å². The molecule has 45 heavy (non-hydrogen) atoms. The van der Waals surface area contributed by atoms with Crippen molar-refractivity contribution in [2.24, 2.45) is 0 Å². The standard InChI is InChI=1S/C35H40ClN5O3S/c1-22-21-45-34(38-22)30-14-9-15-41(30)35(44)27-17-26(18-29(19-27)40(3)4)33(43)39-23(2)32(42)31(25-11-6-5-7-12-25)37-20-24-10-8-13-28(36)16-24/h5-8,10-13,16-19,21,23,30-32,37,42H,9,14-15,20H2,1-4H3,(H,39,43). The first-order valence-corrected chi connectivity index (χ1v) is 16.4. The number of hydrogen-bond donors (Lipinski definition) is 3. The van der Waals surface area contributed by atoms with Crippen LogP contribution in [0.15, 0.2) is 78.2 Å². The Morgan fingerprint density at radius 2 is 1.84 bits per heavy atom. The van der Waals surface area contributed by atoms with Gasteiger partial charge >= 0.3 is 0 Å². The zero-order valence-electron chi connectivity index (χ0n) is 26.0. The third-order valence-electron chi connectivity index (χ3n) is 8.17. The Labute approximate surface area is 274 Å². The Balaban J connectivity index is 1.35. The number of anilines is 1. The number of aryl methyl sites for hydroxylation is 1. The van der Waals surface area contributed by atoms with Crippen LogP contribution in [-0.2, 0) is 6.54 Å². The van der Waals surface area contributed by atoms with Crippen LogP contribution in [0.3, 0.4) is 0 Å². The maximum atomic E-state index is 13.9. The van der Waals surface area contributed by atoms with Crippen molar-refractivity contribution >= 4 is 40.4 Å². The first-order valence-electron chi connectivity index (χ1n) is 15.2. The molecule has 0 spiro atoms. The van der Waals surface area contributed by atoms with E-state index in [4.69, 9.17) is 11.6 Å². The van der Waals surface area contributed by atoms with Crippen molar-refractivity contribution in [3.8, 4) is 0 Å². The van der Waals surface area contributed by atoms with E-state index in [-0.39, 0.29) is 17.9 Å². The number of halogens is 1. The Kier molecular flexibility index (Phi) is 10.6. The molecule has 2 heterocycles. The second kappa shape index (κ2) is 14.6. The first-order chi connectivity index (χ1) is 21.6. The zero-order chi connectivity index (χ0) is 32.1. The molecule has 0 saturated carbocycles. The number of carbonyl (C=O) groups excluding carboxylic acids is 2. The van der Waals surface area contributed by atoms with Gasteiger partial charge in [0.15, 0.2) is 0 Å². The number of hydrogen-bond acceptors (Lipinski definition) is 7. The highest BCUT2D eigenvalue weighted by Crippen LogP contribution is 2.35. The van der Waals surface area contributed by atoms with Gasteiger partial charge in [0.25, 0.3) is 11.8 Å². The molecule has 3 aromatic carbocycles. The van der Waals surface area contributed by atoms with Crippen molar-refractivity contribution in [2.45, 2.75) is 57.5 Å². The molecule has 236 valence electrons. The molecule has 1 aliphatic heterocycles. The molecule has 4 unspecified atom stereocenters. The van der Waals surface area contributed by atoms with E-state index in [1.54, 1.807) is 30.4 Å². The van der Waals surface area contributed by atoms with Crippen LogP contribution >= 0.6 is 22.9 Å². The number of aliphatic hydroxyl groups is 1. The lowest BCUT2D eigenvalue weighted by atomic mass is 9.96. The van der Waals surface area contributed by atoms with E-state index in [1.807, 2.05) is 96.9 Å². The van der Waals surface area contributed by atoms with Crippen LogP contribution in [0, 0.1) is 6.92 Å². The lowest BCUT2D eigenvalue weighted by Gasteiger charge is -2.30. The van der Waals surface area contributed by atoms with Crippen molar-refractivity contribution in [1.82, 2.24) is 20.5 Å². The fourth-order valence-corrected chi connectivity index (χ4v) is 6.87. The summed E-state index contributed by atoms with van der Waals surface area (Å²) in [7, 11) is 3.76. The molecule has 5 rings (SSSR count). The van der Waals surface area contributed by atoms with Crippen molar-refractivity contribution in [2.75, 3.05) is 25.5 Å². The van der Waals surface area contributed by atoms with Crippen molar-refractivity contribution in [1.29, 1.82) is 0 Å². The summed E-state index contributed by atoms with van der Waals surface area (Å²) < 4.78 is 0. The van der Waals surface area contributed by atoms with Crippen LogP contribution in [-0.4, -0.2) is 59.6 Å². The molecule has 2 amide bonds. The molecule has 1 aliphatic rings. The number of amides is 2. The molecule has 0 bridgehead atoms. The minimum absolute atomic E-state index is 0.0685. The summed E-state index contributed by atoms with van der Waals surface area (Å²) in [5, 5.41) is 21.6. The molecule has 4 atom stereocenters. The van der Waals surface area contributed by atoms with Gasteiger partial charge in [-0.25, -0.2) is 4.98 Å². The third-order valence-corrected chi connectivity index (χ3v) is 9.46. The third kappa shape index (κ3) is 7.91. The molecule has 0 aliphatic carbocycles. The van der Waals surface area contributed by atoms with Gasteiger partial charge < -0.3 is 25.5 Å². The van der Waals surface area contributed by atoms with E-state index >= 15 is 0 Å². The number of benzene rings is 3. The fraction of sp³-hybridized carbons (Fsp3) is 0.343. The van der Waals surface area contributed by atoms with Crippen LogP contribution in [0.1, 0.15) is 74.4 Å². The smallest absolute Gasteiger partial charge is 0.254 e. The summed E-state index contributed by atoms with van der Waals surface area (Å²) in [6, 6.07) is 21.3. The minimum atomic E-state index is -0.958. The highest BCUT2D eigenvalue weighted by atomic mass is 35.5. The number of thiazole rings is 1. The average Bonchev–Trinajstić information content (AvgIpc) is 3.70. The van der Waals surface area contributed by atoms with E-state index in [2.05, 4.69) is 15.6 Å². The van der Waals surface area contributed by atoms with Crippen LogP contribution in [0.25, 0.3) is 0 Å². The molecule has 3 N–H and O–H groups in total.